The summed E-state index contributed by atoms with van der Waals surface area (Å²) in [4.78, 5) is 12.5. The predicted molar refractivity (Wildman–Crippen MR) is 106 cm³/mol. The molecule has 0 amide bonds. The molecule has 3 heterocycles. The van der Waals surface area contributed by atoms with Crippen molar-refractivity contribution in [3.8, 4) is 17.1 Å². The van der Waals surface area contributed by atoms with Crippen LogP contribution in [-0.2, 0) is 12.5 Å². The van der Waals surface area contributed by atoms with Gasteiger partial charge in [-0.1, -0.05) is 12.1 Å². The molecule has 0 bridgehead atoms. The lowest BCUT2D eigenvalue weighted by molar-refractivity contribution is 0.0171. The Morgan fingerprint density at radius 2 is 1.97 bits per heavy atom. The lowest BCUT2D eigenvalue weighted by Gasteiger charge is -2.11. The van der Waals surface area contributed by atoms with Crippen molar-refractivity contribution in [2.45, 2.75) is 19.4 Å². The highest BCUT2D eigenvalue weighted by Crippen LogP contribution is 2.28. The molecule has 0 aliphatic rings. The number of halogens is 2. The van der Waals surface area contributed by atoms with Crippen LogP contribution in [0.5, 0.6) is 0 Å². The van der Waals surface area contributed by atoms with Crippen LogP contribution >= 0.6 is 0 Å². The highest BCUT2D eigenvalue weighted by molar-refractivity contribution is 5.57. The summed E-state index contributed by atoms with van der Waals surface area (Å²) in [7, 11) is 0. The van der Waals surface area contributed by atoms with E-state index in [2.05, 4.69) is 25.4 Å². The Morgan fingerprint density at radius 1 is 1.07 bits per heavy atom. The van der Waals surface area contributed by atoms with Gasteiger partial charge in [0.2, 0.25) is 0 Å². The molecule has 0 saturated carbocycles. The number of pyridine rings is 1. The van der Waals surface area contributed by atoms with E-state index >= 15 is 0 Å². The van der Waals surface area contributed by atoms with Crippen molar-refractivity contribution in [3.63, 3.8) is 0 Å². The van der Waals surface area contributed by atoms with Crippen LogP contribution in [0.3, 0.4) is 0 Å². The Balaban J connectivity index is 1.51. The smallest absolute Gasteiger partial charge is 0.272 e. The van der Waals surface area contributed by atoms with Crippen molar-refractivity contribution in [3.05, 3.63) is 84.6 Å². The second-order valence-electron chi connectivity index (χ2n) is 6.59. The molecule has 0 saturated heterocycles. The van der Waals surface area contributed by atoms with Gasteiger partial charge in [0, 0.05) is 55.6 Å². The number of hydrogen-bond donors (Lipinski definition) is 1. The first-order chi connectivity index (χ1) is 14.0. The van der Waals surface area contributed by atoms with E-state index in [9.17, 15) is 8.78 Å². The Morgan fingerprint density at radius 3 is 2.76 bits per heavy atom. The SMILES string of the molecule is CC(F)(F)c1cncc(-c2nccc(NCc3cccc(-n4cccn4)c3)n2)c1. The Labute approximate surface area is 166 Å². The number of hydrogen-bond acceptors (Lipinski definition) is 5. The maximum atomic E-state index is 13.6. The van der Waals surface area contributed by atoms with Gasteiger partial charge < -0.3 is 5.32 Å². The molecule has 3 aromatic heterocycles. The first-order valence-electron chi connectivity index (χ1n) is 8.99. The van der Waals surface area contributed by atoms with Crippen LogP contribution in [0.25, 0.3) is 17.1 Å². The normalized spacial score (nSPS) is 11.4. The second-order valence-corrected chi connectivity index (χ2v) is 6.59. The van der Waals surface area contributed by atoms with Crippen LogP contribution in [-0.4, -0.2) is 24.7 Å². The zero-order valence-corrected chi connectivity index (χ0v) is 15.6. The molecule has 0 fully saturated rings. The molecule has 0 atom stereocenters. The molecule has 29 heavy (non-hydrogen) atoms. The van der Waals surface area contributed by atoms with Crippen LogP contribution < -0.4 is 5.32 Å². The number of alkyl halides is 2. The van der Waals surface area contributed by atoms with E-state index in [1.807, 2.05) is 36.5 Å². The molecule has 8 heteroatoms. The lowest BCUT2D eigenvalue weighted by atomic mass is 10.1. The fourth-order valence-corrected chi connectivity index (χ4v) is 2.82. The molecule has 0 aliphatic carbocycles. The first kappa shape index (κ1) is 18.7. The van der Waals surface area contributed by atoms with Gasteiger partial charge in [-0.3, -0.25) is 4.98 Å². The van der Waals surface area contributed by atoms with Gasteiger partial charge in [0.1, 0.15) is 5.82 Å². The number of rotatable bonds is 6. The highest BCUT2D eigenvalue weighted by Gasteiger charge is 2.25. The summed E-state index contributed by atoms with van der Waals surface area (Å²) in [5, 5.41) is 7.47. The van der Waals surface area contributed by atoms with Gasteiger partial charge >= 0.3 is 0 Å². The fourth-order valence-electron chi connectivity index (χ4n) is 2.82. The van der Waals surface area contributed by atoms with Crippen molar-refractivity contribution in [1.82, 2.24) is 24.7 Å². The minimum absolute atomic E-state index is 0.174. The molecule has 1 N–H and O–H groups in total. The van der Waals surface area contributed by atoms with Gasteiger partial charge in [-0.15, -0.1) is 0 Å². The van der Waals surface area contributed by atoms with Crippen molar-refractivity contribution in [1.29, 1.82) is 0 Å². The molecule has 146 valence electrons. The van der Waals surface area contributed by atoms with Crippen molar-refractivity contribution >= 4 is 5.82 Å². The molecule has 4 rings (SSSR count). The van der Waals surface area contributed by atoms with E-state index in [0.29, 0.717) is 23.8 Å². The number of benzene rings is 1. The van der Waals surface area contributed by atoms with Gasteiger partial charge in [-0.05, 0) is 35.9 Å². The zero-order valence-electron chi connectivity index (χ0n) is 15.6. The summed E-state index contributed by atoms with van der Waals surface area (Å²) in [6.07, 6.45) is 7.82. The van der Waals surface area contributed by atoms with Gasteiger partial charge in [0.15, 0.2) is 5.82 Å². The summed E-state index contributed by atoms with van der Waals surface area (Å²) in [6, 6.07) is 12.9. The quantitative estimate of drug-likeness (QED) is 0.525. The fraction of sp³-hybridized carbons (Fsp3) is 0.143. The van der Waals surface area contributed by atoms with Crippen molar-refractivity contribution in [2.24, 2.45) is 0 Å². The van der Waals surface area contributed by atoms with E-state index < -0.39 is 5.92 Å². The van der Waals surface area contributed by atoms with Gasteiger partial charge in [-0.2, -0.15) is 5.10 Å². The summed E-state index contributed by atoms with van der Waals surface area (Å²) in [5.41, 5.74) is 2.27. The molecule has 6 nitrogen and oxygen atoms in total. The first-order valence-corrected chi connectivity index (χ1v) is 8.99. The monoisotopic (exact) mass is 392 g/mol. The maximum Gasteiger partial charge on any atom is 0.272 e. The van der Waals surface area contributed by atoms with E-state index in [1.54, 1.807) is 23.1 Å². The van der Waals surface area contributed by atoms with E-state index in [0.717, 1.165) is 24.4 Å². The lowest BCUT2D eigenvalue weighted by Crippen LogP contribution is -2.08. The van der Waals surface area contributed by atoms with Crippen LogP contribution in [0.15, 0.2) is 73.4 Å². The highest BCUT2D eigenvalue weighted by atomic mass is 19.3. The molecule has 0 spiro atoms. The van der Waals surface area contributed by atoms with Gasteiger partial charge in [-0.25, -0.2) is 23.4 Å². The van der Waals surface area contributed by atoms with Crippen molar-refractivity contribution < 1.29 is 8.78 Å². The number of nitrogens with one attached hydrogen (secondary N) is 1. The third-order valence-corrected chi connectivity index (χ3v) is 4.31. The van der Waals surface area contributed by atoms with Crippen LogP contribution in [0.2, 0.25) is 0 Å². The summed E-state index contributed by atoms with van der Waals surface area (Å²) in [6.45, 7) is 1.38. The van der Waals surface area contributed by atoms with Gasteiger partial charge in [0.25, 0.3) is 5.92 Å². The minimum atomic E-state index is -2.97. The number of anilines is 1. The van der Waals surface area contributed by atoms with Gasteiger partial charge in [0.05, 0.1) is 5.69 Å². The molecule has 0 unspecified atom stereocenters. The van der Waals surface area contributed by atoms with Crippen LogP contribution in [0.4, 0.5) is 14.6 Å². The van der Waals surface area contributed by atoms with Crippen LogP contribution in [0, 0.1) is 0 Å². The zero-order chi connectivity index (χ0) is 20.3. The average Bonchev–Trinajstić information content (AvgIpc) is 3.27. The topological polar surface area (TPSA) is 68.5 Å². The molecular formula is C21H18F2N6. The summed E-state index contributed by atoms with van der Waals surface area (Å²) < 4.78 is 28.9. The molecule has 4 aromatic rings. The summed E-state index contributed by atoms with van der Waals surface area (Å²) >= 11 is 0. The molecule has 1 aromatic carbocycles. The third-order valence-electron chi connectivity index (χ3n) is 4.31. The largest absolute Gasteiger partial charge is 0.366 e. The number of nitrogens with zero attached hydrogens (tertiary/aromatic N) is 5. The van der Waals surface area contributed by atoms with E-state index in [-0.39, 0.29) is 5.56 Å². The standard InChI is InChI=1S/C21H18F2N6/c1-21(22,23)17-11-16(13-24-14-17)20-25-8-6-19(28-20)26-12-15-4-2-5-18(10-15)29-9-3-7-27-29/h2-11,13-14H,12H2,1H3,(H,25,26,28). The Hall–Kier alpha value is -3.68. The second kappa shape index (κ2) is 7.75. The molecule has 0 aliphatic heterocycles. The summed E-state index contributed by atoms with van der Waals surface area (Å²) in [5.74, 6) is -2.05. The minimum Gasteiger partial charge on any atom is -0.366 e. The molecular weight excluding hydrogens is 374 g/mol. The predicted octanol–water partition coefficient (Wildman–Crippen LogP) is 4.45. The van der Waals surface area contributed by atoms with E-state index in [1.165, 1.54) is 12.3 Å². The Kier molecular flexibility index (Phi) is 4.99. The Bertz CT molecular complexity index is 1110. The maximum absolute atomic E-state index is 13.6. The van der Waals surface area contributed by atoms with Crippen LogP contribution in [0.1, 0.15) is 18.1 Å². The van der Waals surface area contributed by atoms with Crippen molar-refractivity contribution in [2.75, 3.05) is 5.32 Å². The number of aromatic nitrogens is 5. The van der Waals surface area contributed by atoms with E-state index in [4.69, 9.17) is 0 Å². The third kappa shape index (κ3) is 4.43. The molecule has 0 radical (unpaired) electrons. The average molecular weight is 392 g/mol.